The number of rotatable bonds is 7. The van der Waals surface area contributed by atoms with E-state index >= 15 is 0 Å². The van der Waals surface area contributed by atoms with E-state index in [0.717, 1.165) is 33.1 Å². The van der Waals surface area contributed by atoms with Gasteiger partial charge in [0.05, 0.1) is 28.1 Å². The average Bonchev–Trinajstić information content (AvgIpc) is 3.73. The molecule has 0 saturated carbocycles. The van der Waals surface area contributed by atoms with Crippen LogP contribution in [0.2, 0.25) is 0 Å². The summed E-state index contributed by atoms with van der Waals surface area (Å²) >= 11 is 1.59. The first-order chi connectivity index (χ1) is 18.7. The third-order valence-corrected chi connectivity index (χ3v) is 6.82. The molecule has 0 radical (unpaired) electrons. The quantitative estimate of drug-likeness (QED) is 0.243. The Bertz CT molecular complexity index is 1640. The number of carbonyl (C=O) groups is 1. The number of para-hydroxylation sites is 2. The topological polar surface area (TPSA) is 74.0 Å². The molecule has 6 aromatic rings. The summed E-state index contributed by atoms with van der Waals surface area (Å²) < 4.78 is 9.25. The maximum Gasteiger partial charge on any atom is 0.412 e. The molecular weight excluding hydrogens is 494 g/mol. The van der Waals surface area contributed by atoms with Crippen molar-refractivity contribution in [3.63, 3.8) is 0 Å². The van der Waals surface area contributed by atoms with Crippen molar-refractivity contribution in [2.75, 3.05) is 5.32 Å². The summed E-state index contributed by atoms with van der Waals surface area (Å²) in [5, 5.41) is 14.4. The lowest BCUT2D eigenvalue weighted by Crippen LogP contribution is -2.13. The van der Waals surface area contributed by atoms with Crippen LogP contribution >= 0.6 is 11.3 Å². The van der Waals surface area contributed by atoms with Gasteiger partial charge in [-0.2, -0.15) is 10.2 Å². The Morgan fingerprint density at radius 3 is 1.97 bits per heavy atom. The summed E-state index contributed by atoms with van der Waals surface area (Å²) in [7, 11) is 0. The molecule has 3 aromatic heterocycles. The standard InChI is InChI=1S/C30H23N5O2S/c36-30(31-26-20-35(25-15-8-3-9-16-25)32-28(26)22-11-4-1-5-12-22)37-21-23-19-34(24-13-6-2-7-14-24)33-29(23)27-17-10-18-38-27/h1-20H,21H2,(H,31,36). The molecular formula is C30H23N5O2S. The van der Waals surface area contributed by atoms with Crippen molar-refractivity contribution < 1.29 is 9.53 Å². The Labute approximate surface area is 223 Å². The van der Waals surface area contributed by atoms with Gasteiger partial charge in [0.25, 0.3) is 0 Å². The van der Waals surface area contributed by atoms with Crippen molar-refractivity contribution in [2.24, 2.45) is 0 Å². The maximum atomic E-state index is 13.0. The Morgan fingerprint density at radius 1 is 0.737 bits per heavy atom. The minimum atomic E-state index is -0.570. The van der Waals surface area contributed by atoms with E-state index in [1.165, 1.54) is 0 Å². The number of ether oxygens (including phenoxy) is 1. The van der Waals surface area contributed by atoms with Gasteiger partial charge < -0.3 is 4.74 Å². The molecule has 3 aromatic carbocycles. The lowest BCUT2D eigenvalue weighted by Gasteiger charge is -2.07. The molecule has 7 nitrogen and oxygen atoms in total. The number of aromatic nitrogens is 4. The van der Waals surface area contributed by atoms with Crippen LogP contribution in [-0.2, 0) is 11.3 Å². The first kappa shape index (κ1) is 23.4. The van der Waals surface area contributed by atoms with Gasteiger partial charge in [-0.05, 0) is 35.7 Å². The van der Waals surface area contributed by atoms with Crippen LogP contribution in [0.25, 0.3) is 33.2 Å². The highest BCUT2D eigenvalue weighted by Gasteiger charge is 2.18. The highest BCUT2D eigenvalue weighted by atomic mass is 32.1. The number of amides is 1. The highest BCUT2D eigenvalue weighted by Crippen LogP contribution is 2.30. The summed E-state index contributed by atoms with van der Waals surface area (Å²) in [5.41, 5.74) is 5.53. The number of carbonyl (C=O) groups excluding carboxylic acids is 1. The number of nitrogens with zero attached hydrogens (tertiary/aromatic N) is 4. The van der Waals surface area contributed by atoms with E-state index in [0.29, 0.717) is 11.4 Å². The molecule has 186 valence electrons. The normalized spacial score (nSPS) is 10.8. The summed E-state index contributed by atoms with van der Waals surface area (Å²) in [6.07, 6.45) is 3.13. The van der Waals surface area contributed by atoms with Crippen LogP contribution in [0, 0.1) is 0 Å². The molecule has 3 heterocycles. The van der Waals surface area contributed by atoms with Crippen LogP contribution in [0.5, 0.6) is 0 Å². The van der Waals surface area contributed by atoms with Crippen LogP contribution in [0.1, 0.15) is 5.56 Å². The van der Waals surface area contributed by atoms with E-state index in [-0.39, 0.29) is 6.61 Å². The van der Waals surface area contributed by atoms with Crippen molar-refractivity contribution in [1.29, 1.82) is 0 Å². The van der Waals surface area contributed by atoms with Gasteiger partial charge in [-0.15, -0.1) is 11.3 Å². The number of thiophene rings is 1. The zero-order chi connectivity index (χ0) is 25.7. The Hall–Kier alpha value is -4.95. The molecule has 8 heteroatoms. The van der Waals surface area contributed by atoms with Crippen LogP contribution in [0.3, 0.4) is 0 Å². The largest absolute Gasteiger partial charge is 0.444 e. The fraction of sp³-hybridized carbons (Fsp3) is 0.0333. The lowest BCUT2D eigenvalue weighted by molar-refractivity contribution is 0.155. The van der Waals surface area contributed by atoms with Crippen LogP contribution in [0.15, 0.2) is 121 Å². The molecule has 0 bridgehead atoms. The fourth-order valence-electron chi connectivity index (χ4n) is 4.13. The smallest absolute Gasteiger partial charge is 0.412 e. The molecule has 1 amide bonds. The predicted octanol–water partition coefficient (Wildman–Crippen LogP) is 7.20. The Morgan fingerprint density at radius 2 is 1.34 bits per heavy atom. The molecule has 38 heavy (non-hydrogen) atoms. The van der Waals surface area contributed by atoms with Crippen molar-refractivity contribution in [3.8, 4) is 33.2 Å². The fourth-order valence-corrected chi connectivity index (χ4v) is 4.87. The number of nitrogens with one attached hydrogen (secondary N) is 1. The van der Waals surface area contributed by atoms with E-state index in [1.54, 1.807) is 22.2 Å². The third-order valence-electron chi connectivity index (χ3n) is 5.94. The van der Waals surface area contributed by atoms with Gasteiger partial charge in [-0.25, -0.2) is 14.2 Å². The first-order valence-electron chi connectivity index (χ1n) is 12.1. The molecule has 0 spiro atoms. The number of benzene rings is 3. The van der Waals surface area contributed by atoms with Crippen molar-refractivity contribution in [3.05, 3.63) is 126 Å². The number of hydrogen-bond acceptors (Lipinski definition) is 5. The molecule has 0 aliphatic rings. The molecule has 0 atom stereocenters. The van der Waals surface area contributed by atoms with Crippen molar-refractivity contribution in [1.82, 2.24) is 19.6 Å². The van der Waals surface area contributed by atoms with Gasteiger partial charge in [0, 0.05) is 17.3 Å². The summed E-state index contributed by atoms with van der Waals surface area (Å²) in [6.45, 7) is 0.0688. The molecule has 0 unspecified atom stereocenters. The lowest BCUT2D eigenvalue weighted by atomic mass is 10.1. The monoisotopic (exact) mass is 517 g/mol. The van der Waals surface area contributed by atoms with Crippen molar-refractivity contribution >= 4 is 23.1 Å². The second-order valence-corrected chi connectivity index (χ2v) is 9.45. The first-order valence-corrected chi connectivity index (χ1v) is 12.9. The van der Waals surface area contributed by atoms with Gasteiger partial charge in [0.2, 0.25) is 0 Å². The SMILES string of the molecule is O=C(Nc1cn(-c2ccccc2)nc1-c1ccccc1)OCc1cn(-c2ccccc2)nc1-c1cccs1. The van der Waals surface area contributed by atoms with Gasteiger partial charge >= 0.3 is 6.09 Å². The maximum absolute atomic E-state index is 13.0. The van der Waals surface area contributed by atoms with Crippen LogP contribution < -0.4 is 5.32 Å². The zero-order valence-electron chi connectivity index (χ0n) is 20.3. The van der Waals surface area contributed by atoms with Gasteiger partial charge in [-0.1, -0.05) is 72.8 Å². The predicted molar refractivity (Wildman–Crippen MR) is 150 cm³/mol. The van der Waals surface area contributed by atoms with Crippen molar-refractivity contribution in [2.45, 2.75) is 6.61 Å². The summed E-state index contributed by atoms with van der Waals surface area (Å²) in [5.74, 6) is 0. The van der Waals surface area contributed by atoms with Crippen LogP contribution in [0.4, 0.5) is 10.5 Å². The summed E-state index contributed by atoms with van der Waals surface area (Å²) in [6, 6.07) is 33.3. The van der Waals surface area contributed by atoms with E-state index in [1.807, 2.05) is 119 Å². The Kier molecular flexibility index (Phi) is 6.53. The van der Waals surface area contributed by atoms with E-state index in [2.05, 4.69) is 5.32 Å². The molecule has 0 saturated heterocycles. The van der Waals surface area contributed by atoms with Gasteiger partial charge in [0.15, 0.2) is 0 Å². The minimum Gasteiger partial charge on any atom is -0.444 e. The Balaban J connectivity index is 1.25. The summed E-state index contributed by atoms with van der Waals surface area (Å²) in [4.78, 5) is 14.0. The van der Waals surface area contributed by atoms with Crippen LogP contribution in [-0.4, -0.2) is 25.7 Å². The minimum absolute atomic E-state index is 0.0688. The van der Waals surface area contributed by atoms with Gasteiger partial charge in [0.1, 0.15) is 18.0 Å². The van der Waals surface area contributed by atoms with E-state index in [9.17, 15) is 4.79 Å². The molecule has 0 aliphatic carbocycles. The van der Waals surface area contributed by atoms with E-state index in [4.69, 9.17) is 14.9 Å². The molecule has 6 rings (SSSR count). The molecule has 0 aliphatic heterocycles. The third kappa shape index (κ3) is 4.98. The number of anilines is 1. The zero-order valence-corrected chi connectivity index (χ0v) is 21.1. The number of hydrogen-bond donors (Lipinski definition) is 1. The van der Waals surface area contributed by atoms with E-state index < -0.39 is 6.09 Å². The highest BCUT2D eigenvalue weighted by molar-refractivity contribution is 7.13. The second kappa shape index (κ2) is 10.6. The second-order valence-electron chi connectivity index (χ2n) is 8.50. The molecule has 1 N–H and O–H groups in total. The average molecular weight is 518 g/mol. The van der Waals surface area contributed by atoms with Gasteiger partial charge in [-0.3, -0.25) is 5.32 Å². The molecule has 0 fully saturated rings.